The van der Waals surface area contributed by atoms with E-state index in [1.165, 1.54) is 5.56 Å². The highest BCUT2D eigenvalue weighted by atomic mass is 16.4. The smallest absolute Gasteiger partial charge is 0.335 e. The Hall–Kier alpha value is -2.95. The van der Waals surface area contributed by atoms with Crippen molar-refractivity contribution in [3.63, 3.8) is 0 Å². The molecule has 0 unspecified atom stereocenters. The number of hydrogen-bond acceptors (Lipinski definition) is 3. The van der Waals surface area contributed by atoms with E-state index in [0.29, 0.717) is 12.1 Å². The first-order chi connectivity index (χ1) is 15.0. The van der Waals surface area contributed by atoms with Crippen molar-refractivity contribution in [3.05, 3.63) is 95.1 Å². The summed E-state index contributed by atoms with van der Waals surface area (Å²) in [4.78, 5) is 11.4. The first-order valence-electron chi connectivity index (χ1n) is 10.9. The molecule has 162 valence electrons. The minimum absolute atomic E-state index is 0.232. The second-order valence-corrected chi connectivity index (χ2v) is 8.06. The van der Waals surface area contributed by atoms with Gasteiger partial charge >= 0.3 is 5.97 Å². The highest BCUT2D eigenvalue weighted by Gasteiger charge is 2.12. The quantitative estimate of drug-likeness (QED) is 0.421. The fraction of sp³-hybridized carbons (Fsp3) is 0.296. The number of rotatable bonds is 10. The fourth-order valence-corrected chi connectivity index (χ4v) is 3.82. The standard InChI is InChI=1S/C27H31NO3/c1-3-7-24-17-23(14-15-25(24)27(30)31)21-12-10-20(11-13-21)16-19(2)28-18-26(29)22-8-5-4-6-9-22/h4-6,8-15,17,19,26,28-29H,3,7,16,18H2,1-2H3,(H,30,31)/t19-,26+/m1/s1. The van der Waals surface area contributed by atoms with Crippen LogP contribution in [0.4, 0.5) is 0 Å². The van der Waals surface area contributed by atoms with Gasteiger partial charge in [-0.05, 0) is 53.6 Å². The van der Waals surface area contributed by atoms with E-state index in [9.17, 15) is 15.0 Å². The number of aliphatic hydroxyl groups is 1. The van der Waals surface area contributed by atoms with Crippen molar-refractivity contribution in [1.82, 2.24) is 5.32 Å². The van der Waals surface area contributed by atoms with Crippen molar-refractivity contribution < 1.29 is 15.0 Å². The number of carboxylic acid groups (broad SMARTS) is 1. The molecule has 0 heterocycles. The van der Waals surface area contributed by atoms with E-state index in [2.05, 4.69) is 43.4 Å². The Bertz CT molecular complexity index is 983. The van der Waals surface area contributed by atoms with Crippen LogP contribution in [-0.4, -0.2) is 28.8 Å². The average Bonchev–Trinajstić information content (AvgIpc) is 2.78. The van der Waals surface area contributed by atoms with Gasteiger partial charge in [0, 0.05) is 12.6 Å². The molecule has 31 heavy (non-hydrogen) atoms. The van der Waals surface area contributed by atoms with Crippen LogP contribution in [0.2, 0.25) is 0 Å². The predicted octanol–water partition coefficient (Wildman–Crippen LogP) is 5.26. The summed E-state index contributed by atoms with van der Waals surface area (Å²) in [6.45, 7) is 4.69. The van der Waals surface area contributed by atoms with Crippen molar-refractivity contribution in [2.75, 3.05) is 6.54 Å². The van der Waals surface area contributed by atoms with Gasteiger partial charge in [-0.25, -0.2) is 4.79 Å². The van der Waals surface area contributed by atoms with Gasteiger partial charge in [0.1, 0.15) is 0 Å². The topological polar surface area (TPSA) is 69.6 Å². The molecule has 0 spiro atoms. The molecule has 0 aliphatic carbocycles. The Morgan fingerprint density at radius 1 is 0.968 bits per heavy atom. The fourth-order valence-electron chi connectivity index (χ4n) is 3.82. The molecule has 0 radical (unpaired) electrons. The van der Waals surface area contributed by atoms with Gasteiger partial charge in [-0.1, -0.05) is 80.1 Å². The number of aliphatic hydroxyl groups excluding tert-OH is 1. The number of benzene rings is 3. The zero-order valence-electron chi connectivity index (χ0n) is 18.2. The Kier molecular flexibility index (Phi) is 7.99. The second-order valence-electron chi connectivity index (χ2n) is 8.06. The van der Waals surface area contributed by atoms with E-state index in [0.717, 1.165) is 41.5 Å². The van der Waals surface area contributed by atoms with Gasteiger partial charge in [0.15, 0.2) is 0 Å². The minimum atomic E-state index is -0.871. The average molecular weight is 418 g/mol. The summed E-state index contributed by atoms with van der Waals surface area (Å²) in [5.41, 5.74) is 5.53. The molecule has 0 aliphatic rings. The molecule has 3 N–H and O–H groups in total. The SMILES string of the molecule is CCCc1cc(-c2ccc(C[C@@H](C)NC[C@H](O)c3ccccc3)cc2)ccc1C(=O)O. The van der Waals surface area contributed by atoms with Crippen molar-refractivity contribution in [1.29, 1.82) is 0 Å². The number of nitrogens with one attached hydrogen (secondary N) is 1. The van der Waals surface area contributed by atoms with Crippen LogP contribution in [0.3, 0.4) is 0 Å². The summed E-state index contributed by atoms with van der Waals surface area (Å²) in [7, 11) is 0. The molecule has 4 nitrogen and oxygen atoms in total. The molecule has 0 fully saturated rings. The van der Waals surface area contributed by atoms with Gasteiger partial charge in [0.05, 0.1) is 11.7 Å². The lowest BCUT2D eigenvalue weighted by atomic mass is 9.95. The van der Waals surface area contributed by atoms with E-state index in [-0.39, 0.29) is 6.04 Å². The molecular weight excluding hydrogens is 386 g/mol. The van der Waals surface area contributed by atoms with E-state index in [1.54, 1.807) is 6.07 Å². The van der Waals surface area contributed by atoms with E-state index in [1.807, 2.05) is 42.5 Å². The van der Waals surface area contributed by atoms with Crippen molar-refractivity contribution in [3.8, 4) is 11.1 Å². The van der Waals surface area contributed by atoms with Crippen molar-refractivity contribution >= 4 is 5.97 Å². The van der Waals surface area contributed by atoms with Gasteiger partial charge in [0.25, 0.3) is 0 Å². The summed E-state index contributed by atoms with van der Waals surface area (Å²) >= 11 is 0. The van der Waals surface area contributed by atoms with Crippen LogP contribution in [0.5, 0.6) is 0 Å². The van der Waals surface area contributed by atoms with Gasteiger partial charge in [-0.3, -0.25) is 0 Å². The summed E-state index contributed by atoms with van der Waals surface area (Å²) in [5, 5.41) is 23.1. The Morgan fingerprint density at radius 2 is 1.65 bits per heavy atom. The third kappa shape index (κ3) is 6.27. The molecule has 3 aromatic rings. The third-order valence-corrected chi connectivity index (χ3v) is 5.53. The first-order valence-corrected chi connectivity index (χ1v) is 10.9. The molecule has 2 atom stereocenters. The Labute approximate surface area is 184 Å². The maximum Gasteiger partial charge on any atom is 0.335 e. The second kappa shape index (κ2) is 10.9. The van der Waals surface area contributed by atoms with Crippen LogP contribution < -0.4 is 5.32 Å². The van der Waals surface area contributed by atoms with E-state index < -0.39 is 12.1 Å². The van der Waals surface area contributed by atoms with Gasteiger partial charge < -0.3 is 15.5 Å². The largest absolute Gasteiger partial charge is 0.478 e. The summed E-state index contributed by atoms with van der Waals surface area (Å²) in [5.74, 6) is -0.871. The Morgan fingerprint density at radius 3 is 2.29 bits per heavy atom. The number of hydrogen-bond donors (Lipinski definition) is 3. The summed E-state index contributed by atoms with van der Waals surface area (Å²) < 4.78 is 0. The normalized spacial score (nSPS) is 13.0. The molecular formula is C27H31NO3. The van der Waals surface area contributed by atoms with Gasteiger partial charge in [-0.2, -0.15) is 0 Å². The maximum absolute atomic E-state index is 11.4. The molecule has 4 heteroatoms. The number of carbonyl (C=O) groups is 1. The number of aromatic carboxylic acids is 1. The molecule has 0 saturated heterocycles. The molecule has 3 aromatic carbocycles. The molecule has 0 aliphatic heterocycles. The lowest BCUT2D eigenvalue weighted by Crippen LogP contribution is -2.32. The summed E-state index contributed by atoms with van der Waals surface area (Å²) in [6, 6.07) is 23.9. The maximum atomic E-state index is 11.4. The zero-order chi connectivity index (χ0) is 22.2. The van der Waals surface area contributed by atoms with Crippen LogP contribution in [0.1, 0.15) is 53.4 Å². The van der Waals surface area contributed by atoms with Gasteiger partial charge in [0.2, 0.25) is 0 Å². The molecule has 0 amide bonds. The lowest BCUT2D eigenvalue weighted by molar-refractivity contribution is 0.0695. The molecule has 0 bridgehead atoms. The monoisotopic (exact) mass is 417 g/mol. The van der Waals surface area contributed by atoms with Crippen LogP contribution in [0, 0.1) is 0 Å². The first kappa shape index (κ1) is 22.7. The van der Waals surface area contributed by atoms with Crippen LogP contribution in [0.25, 0.3) is 11.1 Å². The van der Waals surface area contributed by atoms with E-state index >= 15 is 0 Å². The molecule has 3 rings (SSSR count). The minimum Gasteiger partial charge on any atom is -0.478 e. The molecule has 0 saturated carbocycles. The number of carboxylic acids is 1. The summed E-state index contributed by atoms with van der Waals surface area (Å²) in [6.07, 6.45) is 2.01. The van der Waals surface area contributed by atoms with Crippen LogP contribution in [0.15, 0.2) is 72.8 Å². The predicted molar refractivity (Wildman–Crippen MR) is 125 cm³/mol. The van der Waals surface area contributed by atoms with Crippen LogP contribution in [-0.2, 0) is 12.8 Å². The highest BCUT2D eigenvalue weighted by molar-refractivity contribution is 5.90. The highest BCUT2D eigenvalue weighted by Crippen LogP contribution is 2.24. The van der Waals surface area contributed by atoms with Crippen LogP contribution >= 0.6 is 0 Å². The van der Waals surface area contributed by atoms with E-state index in [4.69, 9.17) is 0 Å². The number of aryl methyl sites for hydroxylation is 1. The van der Waals surface area contributed by atoms with Crippen molar-refractivity contribution in [2.24, 2.45) is 0 Å². The van der Waals surface area contributed by atoms with Gasteiger partial charge in [-0.15, -0.1) is 0 Å². The molecule has 0 aromatic heterocycles. The van der Waals surface area contributed by atoms with Crippen molar-refractivity contribution in [2.45, 2.75) is 45.3 Å². The Balaban J connectivity index is 1.61. The zero-order valence-corrected chi connectivity index (χ0v) is 18.2. The third-order valence-electron chi connectivity index (χ3n) is 5.53. The lowest BCUT2D eigenvalue weighted by Gasteiger charge is -2.18.